The number of nitrogens with one attached hydrogen (secondary N) is 1. The number of H-pyrrole nitrogens is 1. The predicted octanol–water partition coefficient (Wildman–Crippen LogP) is 4.08. The van der Waals surface area contributed by atoms with Crippen molar-refractivity contribution in [3.05, 3.63) is 47.9 Å². The Kier molecular flexibility index (Phi) is 6.22. The van der Waals surface area contributed by atoms with Crippen LogP contribution in [0.25, 0.3) is 27.8 Å². The molecule has 0 saturated carbocycles. The highest BCUT2D eigenvalue weighted by atomic mass is 16.5. The van der Waals surface area contributed by atoms with Crippen molar-refractivity contribution < 1.29 is 14.7 Å². The highest BCUT2D eigenvalue weighted by Crippen LogP contribution is 2.39. The first-order valence-corrected chi connectivity index (χ1v) is 13.1. The van der Waals surface area contributed by atoms with Gasteiger partial charge in [0.05, 0.1) is 19.3 Å². The van der Waals surface area contributed by atoms with E-state index in [1.165, 1.54) is 21.6 Å². The summed E-state index contributed by atoms with van der Waals surface area (Å²) in [6, 6.07) is 8.85. The molecule has 4 aromatic rings. The third-order valence-corrected chi connectivity index (χ3v) is 8.05. The molecule has 2 aliphatic heterocycles. The van der Waals surface area contributed by atoms with Gasteiger partial charge in [0.25, 0.3) is 0 Å². The minimum absolute atomic E-state index is 0.00684. The Hall–Kier alpha value is -3.27. The Balaban J connectivity index is 1.25. The molecule has 9 heteroatoms. The number of pyridine rings is 1. The molecular formula is C28H34N6O3. The number of ether oxygens (including phenoxy) is 1. The van der Waals surface area contributed by atoms with Crippen molar-refractivity contribution in [2.45, 2.75) is 38.5 Å². The van der Waals surface area contributed by atoms with E-state index in [-0.39, 0.29) is 11.7 Å². The van der Waals surface area contributed by atoms with Crippen LogP contribution in [-0.2, 0) is 4.79 Å². The summed E-state index contributed by atoms with van der Waals surface area (Å²) in [6.07, 6.45) is 5.63. The van der Waals surface area contributed by atoms with Crippen LogP contribution in [0.4, 0.5) is 0 Å². The summed E-state index contributed by atoms with van der Waals surface area (Å²) in [7, 11) is 1.66. The van der Waals surface area contributed by atoms with Crippen LogP contribution in [0, 0.1) is 5.92 Å². The van der Waals surface area contributed by atoms with Crippen LogP contribution in [0.2, 0.25) is 0 Å². The van der Waals surface area contributed by atoms with Gasteiger partial charge in [-0.2, -0.15) is 10.2 Å². The maximum Gasteiger partial charge on any atom is 0.197 e. The fourth-order valence-electron chi connectivity index (χ4n) is 5.93. The van der Waals surface area contributed by atoms with Gasteiger partial charge < -0.3 is 14.9 Å². The molecule has 0 radical (unpaired) electrons. The standard InChI is InChI=1S/C28H34N6O3/c1-17(2)26-22-10-19(18-6-8-32(9-7-18)15-24(35)21-12-33(36)13-21)4-5-23(22)31-27(26)20-11-25(37-3)28-29-16-30-34(28)14-20/h4-5,10-11,14,16-18,21,31,36H,6-9,12-13,15H2,1-3H3. The lowest BCUT2D eigenvalue weighted by molar-refractivity contribution is -0.176. The Morgan fingerprint density at radius 3 is 2.70 bits per heavy atom. The van der Waals surface area contributed by atoms with Gasteiger partial charge in [0.1, 0.15) is 6.33 Å². The van der Waals surface area contributed by atoms with Gasteiger partial charge in [-0.3, -0.25) is 9.69 Å². The van der Waals surface area contributed by atoms with Gasteiger partial charge >= 0.3 is 0 Å². The number of hydrogen-bond donors (Lipinski definition) is 2. The van der Waals surface area contributed by atoms with E-state index < -0.39 is 0 Å². The smallest absolute Gasteiger partial charge is 0.197 e. The summed E-state index contributed by atoms with van der Waals surface area (Å²) < 4.78 is 7.37. The zero-order valence-corrected chi connectivity index (χ0v) is 21.6. The number of hydrogen-bond acceptors (Lipinski definition) is 7. The number of nitrogens with zero attached hydrogens (tertiary/aromatic N) is 5. The van der Waals surface area contributed by atoms with Crippen molar-refractivity contribution in [2.24, 2.45) is 5.92 Å². The van der Waals surface area contributed by atoms with Gasteiger partial charge in [0, 0.05) is 41.7 Å². The number of carbonyl (C=O) groups is 1. The minimum Gasteiger partial charge on any atom is -0.493 e. The molecule has 3 aromatic heterocycles. The first kappa shape index (κ1) is 24.1. The summed E-state index contributed by atoms with van der Waals surface area (Å²) in [5.41, 5.74) is 6.59. The number of methoxy groups -OCH3 is 1. The highest BCUT2D eigenvalue weighted by molar-refractivity contribution is 5.92. The van der Waals surface area contributed by atoms with Crippen LogP contribution in [0.15, 0.2) is 36.8 Å². The molecule has 2 N–H and O–H groups in total. The van der Waals surface area contributed by atoms with Gasteiger partial charge in [0.15, 0.2) is 17.2 Å². The lowest BCUT2D eigenvalue weighted by atomic mass is 9.87. The van der Waals surface area contributed by atoms with Gasteiger partial charge in [-0.1, -0.05) is 19.9 Å². The summed E-state index contributed by atoms with van der Waals surface area (Å²) >= 11 is 0. The summed E-state index contributed by atoms with van der Waals surface area (Å²) in [4.78, 5) is 22.7. The van der Waals surface area contributed by atoms with E-state index in [4.69, 9.17) is 4.74 Å². The van der Waals surface area contributed by atoms with E-state index in [2.05, 4.69) is 52.0 Å². The van der Waals surface area contributed by atoms with Crippen molar-refractivity contribution in [1.29, 1.82) is 0 Å². The number of aromatic nitrogens is 4. The molecule has 2 fully saturated rings. The number of rotatable bonds is 7. The highest BCUT2D eigenvalue weighted by Gasteiger charge is 2.33. The SMILES string of the molecule is COc1cc(-c2[nH]c3ccc(C4CCN(CC(=O)C5CN(O)C5)CC4)cc3c2C(C)C)cn2ncnc12. The second kappa shape index (κ2) is 9.55. The minimum atomic E-state index is -0.00684. The number of hydroxylamine groups is 2. The molecule has 6 rings (SSSR count). The van der Waals surface area contributed by atoms with Crippen molar-refractivity contribution in [3.8, 4) is 17.0 Å². The second-order valence-corrected chi connectivity index (χ2v) is 10.8. The lowest BCUT2D eigenvalue weighted by Gasteiger charge is -2.36. The summed E-state index contributed by atoms with van der Waals surface area (Å²) in [5.74, 6) is 1.75. The first-order valence-electron chi connectivity index (χ1n) is 13.1. The zero-order chi connectivity index (χ0) is 25.7. The van der Waals surface area contributed by atoms with E-state index in [0.29, 0.717) is 42.9 Å². The molecule has 37 heavy (non-hydrogen) atoms. The average molecular weight is 503 g/mol. The molecule has 2 saturated heterocycles. The molecule has 194 valence electrons. The monoisotopic (exact) mass is 502 g/mol. The van der Waals surface area contributed by atoms with Crippen LogP contribution in [0.5, 0.6) is 5.75 Å². The van der Waals surface area contributed by atoms with Gasteiger partial charge in [0.2, 0.25) is 0 Å². The van der Waals surface area contributed by atoms with Crippen molar-refractivity contribution in [1.82, 2.24) is 29.5 Å². The number of carbonyl (C=O) groups excluding carboxylic acids is 1. The Bertz CT molecular complexity index is 1440. The van der Waals surface area contributed by atoms with Gasteiger partial charge in [-0.25, -0.2) is 9.50 Å². The molecule has 0 aliphatic carbocycles. The largest absolute Gasteiger partial charge is 0.493 e. The quantitative estimate of drug-likeness (QED) is 0.393. The number of fused-ring (bicyclic) bond motifs is 2. The van der Waals surface area contributed by atoms with E-state index in [1.807, 2.05) is 12.3 Å². The Labute approximate surface area is 216 Å². The van der Waals surface area contributed by atoms with Crippen LogP contribution in [0.1, 0.15) is 49.7 Å². The lowest BCUT2D eigenvalue weighted by Crippen LogP contribution is -2.51. The molecule has 0 bridgehead atoms. The molecular weight excluding hydrogens is 468 g/mol. The average Bonchev–Trinajstić information content (AvgIpc) is 3.51. The second-order valence-electron chi connectivity index (χ2n) is 10.8. The van der Waals surface area contributed by atoms with Crippen LogP contribution >= 0.6 is 0 Å². The molecule has 2 aliphatic rings. The molecule has 0 amide bonds. The number of benzene rings is 1. The fourth-order valence-corrected chi connectivity index (χ4v) is 5.93. The Morgan fingerprint density at radius 1 is 1.22 bits per heavy atom. The Morgan fingerprint density at radius 2 is 2.00 bits per heavy atom. The van der Waals surface area contributed by atoms with E-state index in [9.17, 15) is 10.0 Å². The third-order valence-electron chi connectivity index (χ3n) is 8.05. The maximum atomic E-state index is 12.5. The number of piperidine rings is 1. The molecule has 5 heterocycles. The topological polar surface area (TPSA) is 99.0 Å². The molecule has 0 spiro atoms. The molecule has 0 atom stereocenters. The van der Waals surface area contributed by atoms with Crippen molar-refractivity contribution >= 4 is 22.3 Å². The van der Waals surface area contributed by atoms with Gasteiger partial charge in [-0.15, -0.1) is 0 Å². The number of ketones is 1. The summed E-state index contributed by atoms with van der Waals surface area (Å²) in [5, 5.41) is 16.1. The number of Topliss-reactive ketones (excluding diaryl/α,β-unsaturated/α-hetero) is 1. The zero-order valence-electron chi connectivity index (χ0n) is 21.6. The predicted molar refractivity (Wildman–Crippen MR) is 141 cm³/mol. The number of aromatic amines is 1. The normalized spacial score (nSPS) is 18.2. The molecule has 0 unspecified atom stereocenters. The van der Waals surface area contributed by atoms with Gasteiger partial charge in [-0.05, 0) is 67.1 Å². The van der Waals surface area contributed by atoms with Crippen LogP contribution in [-0.4, -0.2) is 80.4 Å². The van der Waals surface area contributed by atoms with E-state index in [0.717, 1.165) is 42.7 Å². The maximum absolute atomic E-state index is 12.5. The van der Waals surface area contributed by atoms with E-state index in [1.54, 1.807) is 18.0 Å². The summed E-state index contributed by atoms with van der Waals surface area (Å²) in [6.45, 7) is 7.78. The van der Waals surface area contributed by atoms with Crippen molar-refractivity contribution in [3.63, 3.8) is 0 Å². The fraction of sp³-hybridized carbons (Fsp3) is 0.464. The molecule has 9 nitrogen and oxygen atoms in total. The third kappa shape index (κ3) is 4.41. The van der Waals surface area contributed by atoms with Crippen LogP contribution < -0.4 is 4.74 Å². The van der Waals surface area contributed by atoms with Crippen LogP contribution in [0.3, 0.4) is 0 Å². The molecule has 1 aromatic carbocycles. The first-order chi connectivity index (χ1) is 17.9. The number of likely N-dealkylation sites (tertiary alicyclic amines) is 1. The van der Waals surface area contributed by atoms with Crippen molar-refractivity contribution in [2.75, 3.05) is 39.8 Å². The van der Waals surface area contributed by atoms with E-state index >= 15 is 0 Å².